The third-order valence-corrected chi connectivity index (χ3v) is 6.02. The Bertz CT molecular complexity index is 528. The molecule has 2 rings (SSSR count). The Kier molecular flexibility index (Phi) is 7.24. The second kappa shape index (κ2) is 7.96. The van der Waals surface area contributed by atoms with Crippen LogP contribution in [0.25, 0.3) is 0 Å². The summed E-state index contributed by atoms with van der Waals surface area (Å²) in [4.78, 5) is 0.112. The van der Waals surface area contributed by atoms with Crippen molar-refractivity contribution in [2.45, 2.75) is 17.7 Å². The van der Waals surface area contributed by atoms with Gasteiger partial charge in [-0.25, -0.2) is 13.1 Å². The summed E-state index contributed by atoms with van der Waals surface area (Å²) in [5, 5.41) is 3.49. The van der Waals surface area contributed by atoms with Crippen LogP contribution in [0.1, 0.15) is 12.8 Å². The molecule has 4 nitrogen and oxygen atoms in total. The summed E-state index contributed by atoms with van der Waals surface area (Å²) in [6.07, 6.45) is 2.13. The van der Waals surface area contributed by atoms with Crippen molar-refractivity contribution in [3.63, 3.8) is 0 Å². The Hall–Kier alpha value is 0.150. The van der Waals surface area contributed by atoms with E-state index in [2.05, 4.69) is 26.0 Å². The van der Waals surface area contributed by atoms with Crippen molar-refractivity contribution in [2.75, 3.05) is 19.6 Å². The lowest BCUT2D eigenvalue weighted by Crippen LogP contribution is -2.38. The lowest BCUT2D eigenvalue weighted by atomic mass is 10.0. The Balaban J connectivity index is 0.00000200. The largest absolute Gasteiger partial charge is 0.316 e. The normalized spacial score (nSPS) is 19.4. The number of benzene rings is 1. The second-order valence-corrected chi connectivity index (χ2v) is 7.58. The number of rotatable bonds is 4. The molecular formula is C12H17BrCl2N2O2S. The summed E-state index contributed by atoms with van der Waals surface area (Å²) in [5.74, 6) is 0.338. The molecule has 0 saturated carbocycles. The predicted octanol–water partition coefficient (Wildman–Crippen LogP) is 2.80. The van der Waals surface area contributed by atoms with Gasteiger partial charge in [-0.1, -0.05) is 17.7 Å². The Morgan fingerprint density at radius 3 is 2.80 bits per heavy atom. The van der Waals surface area contributed by atoms with Crippen LogP contribution < -0.4 is 10.0 Å². The van der Waals surface area contributed by atoms with E-state index in [0.717, 1.165) is 25.9 Å². The number of halogens is 3. The fourth-order valence-electron chi connectivity index (χ4n) is 2.14. The molecule has 8 heteroatoms. The van der Waals surface area contributed by atoms with Gasteiger partial charge in [0.1, 0.15) is 4.90 Å². The smallest absolute Gasteiger partial charge is 0.243 e. The van der Waals surface area contributed by atoms with E-state index < -0.39 is 10.0 Å². The first-order valence-electron chi connectivity index (χ1n) is 6.15. The van der Waals surface area contributed by atoms with Gasteiger partial charge in [0.15, 0.2) is 0 Å². The maximum absolute atomic E-state index is 12.3. The molecule has 1 aliphatic heterocycles. The van der Waals surface area contributed by atoms with E-state index in [-0.39, 0.29) is 22.3 Å². The fraction of sp³-hybridized carbons (Fsp3) is 0.500. The van der Waals surface area contributed by atoms with Crippen molar-refractivity contribution in [2.24, 2.45) is 5.92 Å². The molecule has 0 amide bonds. The molecule has 1 unspecified atom stereocenters. The van der Waals surface area contributed by atoms with Crippen molar-refractivity contribution in [3.05, 3.63) is 27.7 Å². The van der Waals surface area contributed by atoms with Gasteiger partial charge < -0.3 is 5.32 Å². The fourth-order valence-corrected chi connectivity index (χ4v) is 4.99. The van der Waals surface area contributed by atoms with Crippen LogP contribution in [0.2, 0.25) is 5.02 Å². The molecule has 2 N–H and O–H groups in total. The summed E-state index contributed by atoms with van der Waals surface area (Å²) < 4.78 is 27.7. The molecule has 20 heavy (non-hydrogen) atoms. The van der Waals surface area contributed by atoms with Gasteiger partial charge in [-0.05, 0) is 59.9 Å². The maximum Gasteiger partial charge on any atom is 0.243 e. The molecule has 0 aromatic heterocycles. The van der Waals surface area contributed by atoms with Gasteiger partial charge in [0.2, 0.25) is 10.0 Å². The van der Waals surface area contributed by atoms with Crippen LogP contribution in [0, 0.1) is 5.92 Å². The third kappa shape index (κ3) is 4.58. The van der Waals surface area contributed by atoms with Crippen LogP contribution in [0.4, 0.5) is 0 Å². The summed E-state index contributed by atoms with van der Waals surface area (Å²) in [6, 6.07) is 4.95. The van der Waals surface area contributed by atoms with Gasteiger partial charge in [0.25, 0.3) is 0 Å². The van der Waals surface area contributed by atoms with Crippen LogP contribution in [0.3, 0.4) is 0 Å². The summed E-state index contributed by atoms with van der Waals surface area (Å²) in [5.41, 5.74) is 0. The van der Waals surface area contributed by atoms with E-state index in [1.165, 1.54) is 0 Å². The van der Waals surface area contributed by atoms with Crippen LogP contribution in [-0.4, -0.2) is 28.1 Å². The van der Waals surface area contributed by atoms with Gasteiger partial charge in [-0.2, -0.15) is 0 Å². The lowest BCUT2D eigenvalue weighted by molar-refractivity contribution is 0.376. The van der Waals surface area contributed by atoms with E-state index in [4.69, 9.17) is 11.6 Å². The first-order chi connectivity index (χ1) is 9.00. The Morgan fingerprint density at radius 2 is 2.20 bits per heavy atom. The molecule has 0 bridgehead atoms. The van der Waals surface area contributed by atoms with Gasteiger partial charge in [0.05, 0.1) is 5.02 Å². The molecule has 0 radical (unpaired) electrons. The quantitative estimate of drug-likeness (QED) is 0.812. The number of nitrogens with one attached hydrogen (secondary N) is 2. The van der Waals surface area contributed by atoms with Gasteiger partial charge in [-0.3, -0.25) is 0 Å². The molecule has 0 spiro atoms. The predicted molar refractivity (Wildman–Crippen MR) is 87.2 cm³/mol. The molecule has 114 valence electrons. The zero-order chi connectivity index (χ0) is 13.9. The molecule has 1 atom stereocenters. The number of hydrogen-bond acceptors (Lipinski definition) is 3. The SMILES string of the molecule is Cl.O=S(=O)(NCC1CCCNC1)c1c(Cl)cccc1Br. The minimum absolute atomic E-state index is 0. The monoisotopic (exact) mass is 402 g/mol. The minimum Gasteiger partial charge on any atom is -0.316 e. The zero-order valence-electron chi connectivity index (χ0n) is 10.7. The molecule has 1 fully saturated rings. The van der Waals surface area contributed by atoms with Gasteiger partial charge in [0, 0.05) is 11.0 Å². The third-order valence-electron chi connectivity index (χ3n) is 3.15. The molecule has 1 aromatic rings. The Labute approximate surface area is 139 Å². The number of piperidine rings is 1. The second-order valence-electron chi connectivity index (χ2n) is 4.62. The molecule has 1 aromatic carbocycles. The number of hydrogen-bond donors (Lipinski definition) is 2. The topological polar surface area (TPSA) is 58.2 Å². The molecule has 0 aliphatic carbocycles. The van der Waals surface area contributed by atoms with E-state index in [9.17, 15) is 8.42 Å². The standard InChI is InChI=1S/C12H16BrClN2O2S.ClH/c13-10-4-1-5-11(14)12(10)19(17,18)16-8-9-3-2-6-15-7-9;/h1,4-5,9,15-16H,2-3,6-8H2;1H. The highest BCUT2D eigenvalue weighted by Gasteiger charge is 2.23. The van der Waals surface area contributed by atoms with Crippen molar-refractivity contribution in [1.29, 1.82) is 0 Å². The molecule has 1 saturated heterocycles. The van der Waals surface area contributed by atoms with Crippen molar-refractivity contribution < 1.29 is 8.42 Å². The van der Waals surface area contributed by atoms with Crippen molar-refractivity contribution in [1.82, 2.24) is 10.0 Å². The Morgan fingerprint density at radius 1 is 1.45 bits per heavy atom. The number of sulfonamides is 1. The minimum atomic E-state index is -3.58. The lowest BCUT2D eigenvalue weighted by Gasteiger charge is -2.23. The van der Waals surface area contributed by atoms with E-state index in [1.807, 2.05) is 0 Å². The first kappa shape index (κ1) is 18.2. The summed E-state index contributed by atoms with van der Waals surface area (Å²) in [7, 11) is -3.58. The molecule has 1 aliphatic rings. The molecular weight excluding hydrogens is 387 g/mol. The zero-order valence-corrected chi connectivity index (χ0v) is 14.7. The van der Waals surface area contributed by atoms with Crippen LogP contribution in [0.5, 0.6) is 0 Å². The summed E-state index contributed by atoms with van der Waals surface area (Å²) >= 11 is 9.21. The van der Waals surface area contributed by atoms with E-state index in [0.29, 0.717) is 16.9 Å². The van der Waals surface area contributed by atoms with Crippen molar-refractivity contribution >= 4 is 50.0 Å². The van der Waals surface area contributed by atoms with E-state index in [1.54, 1.807) is 18.2 Å². The van der Waals surface area contributed by atoms with Gasteiger partial charge in [-0.15, -0.1) is 12.4 Å². The molecule has 1 heterocycles. The van der Waals surface area contributed by atoms with Crippen LogP contribution in [0.15, 0.2) is 27.6 Å². The maximum atomic E-state index is 12.3. The first-order valence-corrected chi connectivity index (χ1v) is 8.80. The highest BCUT2D eigenvalue weighted by atomic mass is 79.9. The average Bonchev–Trinajstić information content (AvgIpc) is 2.37. The summed E-state index contributed by atoms with van der Waals surface area (Å²) in [6.45, 7) is 2.30. The van der Waals surface area contributed by atoms with Crippen molar-refractivity contribution in [3.8, 4) is 0 Å². The van der Waals surface area contributed by atoms with E-state index >= 15 is 0 Å². The average molecular weight is 404 g/mol. The van der Waals surface area contributed by atoms with Crippen LogP contribution in [-0.2, 0) is 10.0 Å². The highest BCUT2D eigenvalue weighted by Crippen LogP contribution is 2.29. The van der Waals surface area contributed by atoms with Gasteiger partial charge >= 0.3 is 0 Å². The highest BCUT2D eigenvalue weighted by molar-refractivity contribution is 9.10. The van der Waals surface area contributed by atoms with Crippen LogP contribution >= 0.6 is 39.9 Å².